The quantitative estimate of drug-likeness (QED) is 0.791. The molecule has 2 bridgehead atoms. The summed E-state index contributed by atoms with van der Waals surface area (Å²) in [6.45, 7) is 0. The molecule has 0 aliphatic carbocycles. The van der Waals surface area contributed by atoms with Crippen LogP contribution in [0.25, 0.3) is 5.69 Å². The van der Waals surface area contributed by atoms with Crippen molar-refractivity contribution in [3.05, 3.63) is 29.3 Å². The minimum atomic E-state index is -0.149. The van der Waals surface area contributed by atoms with Gasteiger partial charge < -0.3 is 24.8 Å². The molecule has 2 aromatic rings. The lowest BCUT2D eigenvalue weighted by atomic mass is 9.95. The molecule has 0 spiro atoms. The lowest BCUT2D eigenvalue weighted by molar-refractivity contribution is 0.0683. The molecule has 110 valence electrons. The van der Waals surface area contributed by atoms with Crippen molar-refractivity contribution in [1.82, 2.24) is 4.57 Å². The second-order valence-corrected chi connectivity index (χ2v) is 5.36. The van der Waals surface area contributed by atoms with Crippen LogP contribution in [0.3, 0.4) is 0 Å². The van der Waals surface area contributed by atoms with Crippen molar-refractivity contribution >= 4 is 0 Å². The summed E-state index contributed by atoms with van der Waals surface area (Å²) in [6, 6.07) is 4.69. The van der Waals surface area contributed by atoms with E-state index in [1.807, 2.05) is 0 Å². The molecule has 0 amide bonds. The van der Waals surface area contributed by atoms with Gasteiger partial charge in [-0.3, -0.25) is 4.57 Å². The summed E-state index contributed by atoms with van der Waals surface area (Å²) in [5.41, 5.74) is 1.80. The van der Waals surface area contributed by atoms with Crippen molar-refractivity contribution in [1.29, 1.82) is 0 Å². The Morgan fingerprint density at radius 2 is 1.71 bits per heavy atom. The molecule has 2 aliphatic rings. The molecule has 1 aromatic heterocycles. The van der Waals surface area contributed by atoms with E-state index in [0.717, 1.165) is 12.8 Å². The van der Waals surface area contributed by atoms with Crippen molar-refractivity contribution in [2.24, 2.45) is 0 Å². The third-order valence-corrected chi connectivity index (χ3v) is 4.28. The highest BCUT2D eigenvalue weighted by atomic mass is 16.5. The van der Waals surface area contributed by atoms with E-state index in [9.17, 15) is 15.3 Å². The van der Waals surface area contributed by atoms with Crippen molar-refractivity contribution in [2.75, 3.05) is 7.11 Å². The molecule has 3 N–H and O–H groups in total. The molecule has 6 heteroatoms. The number of aromatic nitrogens is 1. The van der Waals surface area contributed by atoms with Gasteiger partial charge in [-0.05, 0) is 25.0 Å². The molecule has 0 saturated carbocycles. The highest BCUT2D eigenvalue weighted by molar-refractivity contribution is 5.59. The van der Waals surface area contributed by atoms with E-state index >= 15 is 0 Å². The van der Waals surface area contributed by atoms with Gasteiger partial charge in [-0.2, -0.15) is 0 Å². The first kappa shape index (κ1) is 12.4. The standard InChI is InChI=1S/C15H15NO5/c1-20-9-3-2-7(6-8(9)17)16-14(18)12-10-4-5-11(21-10)13(12)15(16)19/h2-3,6,10-11,17-19H,4-5H2,1H3/t10-,11+. The first-order chi connectivity index (χ1) is 10.1. The minimum absolute atomic E-state index is 0.0285. The molecule has 2 aliphatic heterocycles. The van der Waals surface area contributed by atoms with Gasteiger partial charge in [-0.15, -0.1) is 0 Å². The number of methoxy groups -OCH3 is 1. The zero-order valence-corrected chi connectivity index (χ0v) is 11.4. The molecule has 1 fully saturated rings. The Morgan fingerprint density at radius 1 is 1.10 bits per heavy atom. The molecule has 3 heterocycles. The summed E-state index contributed by atoms with van der Waals surface area (Å²) in [6.07, 6.45) is 1.40. The summed E-state index contributed by atoms with van der Waals surface area (Å²) >= 11 is 0. The topological polar surface area (TPSA) is 84.1 Å². The first-order valence-electron chi connectivity index (χ1n) is 6.81. The number of hydrogen-bond acceptors (Lipinski definition) is 5. The molecule has 0 unspecified atom stereocenters. The van der Waals surface area contributed by atoms with Gasteiger partial charge >= 0.3 is 0 Å². The second-order valence-electron chi connectivity index (χ2n) is 5.36. The fraction of sp³-hybridized carbons (Fsp3) is 0.333. The summed E-state index contributed by atoms with van der Waals surface area (Å²) in [5.74, 6) is 0.223. The van der Waals surface area contributed by atoms with Gasteiger partial charge in [0.15, 0.2) is 11.5 Å². The number of benzene rings is 1. The Kier molecular flexibility index (Phi) is 2.41. The summed E-state index contributed by atoms with van der Waals surface area (Å²) < 4.78 is 12.0. The van der Waals surface area contributed by atoms with Gasteiger partial charge in [0.2, 0.25) is 11.8 Å². The third kappa shape index (κ3) is 1.50. The Hall–Kier alpha value is -2.34. The molecular formula is C15H15NO5. The van der Waals surface area contributed by atoms with Crippen LogP contribution < -0.4 is 4.74 Å². The van der Waals surface area contributed by atoms with E-state index in [1.165, 1.54) is 17.7 Å². The van der Waals surface area contributed by atoms with Crippen LogP contribution in [0.1, 0.15) is 36.2 Å². The van der Waals surface area contributed by atoms with Crippen LogP contribution >= 0.6 is 0 Å². The van der Waals surface area contributed by atoms with Crippen LogP contribution in [0, 0.1) is 0 Å². The van der Waals surface area contributed by atoms with Gasteiger partial charge in [-0.1, -0.05) is 0 Å². The highest BCUT2D eigenvalue weighted by Gasteiger charge is 2.45. The van der Waals surface area contributed by atoms with E-state index in [0.29, 0.717) is 22.6 Å². The predicted molar refractivity (Wildman–Crippen MR) is 73.1 cm³/mol. The number of rotatable bonds is 2. The van der Waals surface area contributed by atoms with Gasteiger partial charge in [-0.25, -0.2) is 0 Å². The van der Waals surface area contributed by atoms with Crippen molar-refractivity contribution in [3.8, 4) is 28.9 Å². The maximum absolute atomic E-state index is 10.4. The number of aromatic hydroxyl groups is 3. The maximum Gasteiger partial charge on any atom is 0.205 e. The van der Waals surface area contributed by atoms with E-state index in [4.69, 9.17) is 9.47 Å². The van der Waals surface area contributed by atoms with Gasteiger partial charge in [0.25, 0.3) is 0 Å². The van der Waals surface area contributed by atoms with Crippen molar-refractivity contribution < 1.29 is 24.8 Å². The van der Waals surface area contributed by atoms with E-state index in [1.54, 1.807) is 12.1 Å². The fourth-order valence-electron chi connectivity index (χ4n) is 3.34. The second kappa shape index (κ2) is 4.08. The zero-order chi connectivity index (χ0) is 14.7. The van der Waals surface area contributed by atoms with Gasteiger partial charge in [0.1, 0.15) is 0 Å². The highest BCUT2D eigenvalue weighted by Crippen LogP contribution is 2.58. The molecular weight excluding hydrogens is 274 g/mol. The van der Waals surface area contributed by atoms with Crippen molar-refractivity contribution in [3.63, 3.8) is 0 Å². The van der Waals surface area contributed by atoms with Gasteiger partial charge in [0, 0.05) is 6.07 Å². The predicted octanol–water partition coefficient (Wildman–Crippen LogP) is 2.51. The largest absolute Gasteiger partial charge is 0.504 e. The van der Waals surface area contributed by atoms with Crippen LogP contribution in [0.2, 0.25) is 0 Å². The summed E-state index contributed by atoms with van der Waals surface area (Å²) in [4.78, 5) is 0. The Labute approximate surface area is 120 Å². The molecule has 2 atom stereocenters. The number of nitrogens with zero attached hydrogens (tertiary/aromatic N) is 1. The normalized spacial score (nSPS) is 22.5. The van der Waals surface area contributed by atoms with Gasteiger partial charge in [0.05, 0.1) is 36.1 Å². The van der Waals surface area contributed by atoms with E-state index in [2.05, 4.69) is 0 Å². The molecule has 1 aromatic carbocycles. The number of hydrogen-bond donors (Lipinski definition) is 3. The van der Waals surface area contributed by atoms with Crippen molar-refractivity contribution in [2.45, 2.75) is 25.0 Å². The van der Waals surface area contributed by atoms with Crippen LogP contribution in [0.5, 0.6) is 23.3 Å². The summed E-state index contributed by atoms with van der Waals surface area (Å²) in [5, 5.41) is 30.7. The zero-order valence-electron chi connectivity index (χ0n) is 11.4. The average Bonchev–Trinajstić information content (AvgIpc) is 3.13. The van der Waals surface area contributed by atoms with E-state index < -0.39 is 0 Å². The molecule has 0 radical (unpaired) electrons. The molecule has 21 heavy (non-hydrogen) atoms. The Morgan fingerprint density at radius 3 is 2.24 bits per heavy atom. The van der Waals surface area contributed by atoms with Crippen LogP contribution in [0.15, 0.2) is 18.2 Å². The first-order valence-corrected chi connectivity index (χ1v) is 6.81. The Bertz CT molecular complexity index is 703. The van der Waals surface area contributed by atoms with Crippen LogP contribution in [-0.4, -0.2) is 27.0 Å². The van der Waals surface area contributed by atoms with E-state index in [-0.39, 0.29) is 29.7 Å². The number of phenolic OH excluding ortho intramolecular Hbond substituents is 1. The minimum Gasteiger partial charge on any atom is -0.504 e. The lowest BCUT2D eigenvalue weighted by Crippen LogP contribution is -1.96. The summed E-state index contributed by atoms with van der Waals surface area (Å²) in [7, 11) is 1.46. The molecule has 1 saturated heterocycles. The number of phenols is 1. The monoisotopic (exact) mass is 289 g/mol. The van der Waals surface area contributed by atoms with Crippen LogP contribution in [-0.2, 0) is 4.74 Å². The fourth-order valence-corrected chi connectivity index (χ4v) is 3.34. The SMILES string of the molecule is COc1ccc(-n2c(O)c3c(c2O)[C@H]2CC[C@@H]3O2)cc1O. The number of fused-ring (bicyclic) bond motifs is 5. The average molecular weight is 289 g/mol. The number of ether oxygens (including phenoxy) is 2. The molecule has 6 nitrogen and oxygen atoms in total. The molecule has 4 rings (SSSR count). The third-order valence-electron chi connectivity index (χ3n) is 4.28. The van der Waals surface area contributed by atoms with Crippen LogP contribution in [0.4, 0.5) is 0 Å². The maximum atomic E-state index is 10.4. The lowest BCUT2D eigenvalue weighted by Gasteiger charge is -2.11. The Balaban J connectivity index is 1.89. The smallest absolute Gasteiger partial charge is 0.205 e.